The summed E-state index contributed by atoms with van der Waals surface area (Å²) in [5.74, 6) is -0.0290. The standard InChI is InChI=1S/C14H8BrFO3/c1-18-12-5-7(15)4-10-13(17)9-3-2-8(16)6-11(9)19-14(10)12/h2-6H,1H3. The van der Waals surface area contributed by atoms with Crippen LogP contribution >= 0.6 is 15.9 Å². The number of methoxy groups -OCH3 is 1. The summed E-state index contributed by atoms with van der Waals surface area (Å²) in [4.78, 5) is 12.4. The van der Waals surface area contributed by atoms with E-state index in [1.165, 1.54) is 25.3 Å². The van der Waals surface area contributed by atoms with Gasteiger partial charge in [-0.25, -0.2) is 4.39 Å². The van der Waals surface area contributed by atoms with Crippen molar-refractivity contribution in [3.8, 4) is 5.75 Å². The highest BCUT2D eigenvalue weighted by atomic mass is 79.9. The largest absolute Gasteiger partial charge is 0.493 e. The fraction of sp³-hybridized carbons (Fsp3) is 0.0714. The second kappa shape index (κ2) is 4.35. The van der Waals surface area contributed by atoms with Gasteiger partial charge in [0.25, 0.3) is 0 Å². The average Bonchev–Trinajstić information content (AvgIpc) is 2.39. The quantitative estimate of drug-likeness (QED) is 0.639. The summed E-state index contributed by atoms with van der Waals surface area (Å²) in [6.07, 6.45) is 0. The molecule has 1 aromatic heterocycles. The van der Waals surface area contributed by atoms with E-state index < -0.39 is 5.82 Å². The highest BCUT2D eigenvalue weighted by molar-refractivity contribution is 9.10. The lowest BCUT2D eigenvalue weighted by molar-refractivity contribution is 0.411. The number of halogens is 2. The topological polar surface area (TPSA) is 39.4 Å². The maximum atomic E-state index is 13.2. The predicted molar refractivity (Wildman–Crippen MR) is 74.2 cm³/mol. The Hall–Kier alpha value is -1.88. The van der Waals surface area contributed by atoms with Gasteiger partial charge in [0.15, 0.2) is 11.3 Å². The van der Waals surface area contributed by atoms with E-state index in [9.17, 15) is 9.18 Å². The zero-order valence-corrected chi connectivity index (χ0v) is 11.5. The van der Waals surface area contributed by atoms with Crippen molar-refractivity contribution in [2.24, 2.45) is 0 Å². The molecule has 0 unspecified atom stereocenters. The van der Waals surface area contributed by atoms with Gasteiger partial charge in [-0.3, -0.25) is 4.79 Å². The van der Waals surface area contributed by atoms with E-state index in [-0.39, 0.29) is 11.0 Å². The monoisotopic (exact) mass is 322 g/mol. The molecule has 0 bridgehead atoms. The van der Waals surface area contributed by atoms with Gasteiger partial charge in [-0.05, 0) is 24.3 Å². The molecular weight excluding hydrogens is 315 g/mol. The summed E-state index contributed by atoms with van der Waals surface area (Å²) in [7, 11) is 1.48. The van der Waals surface area contributed by atoms with E-state index in [0.29, 0.717) is 26.6 Å². The molecule has 0 aliphatic heterocycles. The number of benzene rings is 2. The van der Waals surface area contributed by atoms with Crippen LogP contribution in [0, 0.1) is 5.82 Å². The summed E-state index contributed by atoms with van der Waals surface area (Å²) in [5.41, 5.74) is 0.308. The van der Waals surface area contributed by atoms with Gasteiger partial charge in [0.1, 0.15) is 11.4 Å². The Morgan fingerprint density at radius 3 is 2.74 bits per heavy atom. The summed E-state index contributed by atoms with van der Waals surface area (Å²) in [6.45, 7) is 0. The molecule has 0 amide bonds. The highest BCUT2D eigenvalue weighted by Gasteiger charge is 2.13. The molecule has 0 spiro atoms. The molecule has 0 saturated heterocycles. The Morgan fingerprint density at radius 1 is 1.21 bits per heavy atom. The van der Waals surface area contributed by atoms with E-state index in [2.05, 4.69) is 15.9 Å². The number of fused-ring (bicyclic) bond motifs is 2. The lowest BCUT2D eigenvalue weighted by Crippen LogP contribution is -2.03. The lowest BCUT2D eigenvalue weighted by atomic mass is 10.1. The van der Waals surface area contributed by atoms with Crippen LogP contribution in [0.1, 0.15) is 0 Å². The van der Waals surface area contributed by atoms with Crippen molar-refractivity contribution in [1.29, 1.82) is 0 Å². The van der Waals surface area contributed by atoms with Gasteiger partial charge in [-0.15, -0.1) is 0 Å². The van der Waals surface area contributed by atoms with Crippen molar-refractivity contribution in [2.75, 3.05) is 7.11 Å². The van der Waals surface area contributed by atoms with E-state index in [1.54, 1.807) is 12.1 Å². The van der Waals surface area contributed by atoms with Crippen molar-refractivity contribution in [3.63, 3.8) is 0 Å². The maximum absolute atomic E-state index is 13.2. The first kappa shape index (κ1) is 12.2. The second-order valence-electron chi connectivity index (χ2n) is 4.06. The molecule has 2 aromatic carbocycles. The van der Waals surface area contributed by atoms with Gasteiger partial charge in [0.2, 0.25) is 5.43 Å². The van der Waals surface area contributed by atoms with Gasteiger partial charge in [0, 0.05) is 10.5 Å². The zero-order valence-electron chi connectivity index (χ0n) is 9.87. The van der Waals surface area contributed by atoms with Gasteiger partial charge < -0.3 is 9.15 Å². The Kier molecular flexibility index (Phi) is 2.78. The minimum atomic E-state index is -0.453. The van der Waals surface area contributed by atoms with Crippen LogP contribution < -0.4 is 10.2 Å². The third kappa shape index (κ3) is 1.90. The third-order valence-corrected chi connectivity index (χ3v) is 3.34. The van der Waals surface area contributed by atoms with Crippen LogP contribution in [0.3, 0.4) is 0 Å². The summed E-state index contributed by atoms with van der Waals surface area (Å²) in [6, 6.07) is 7.20. The molecule has 0 atom stereocenters. The van der Waals surface area contributed by atoms with E-state index in [4.69, 9.17) is 9.15 Å². The molecule has 5 heteroatoms. The Morgan fingerprint density at radius 2 is 2.00 bits per heavy atom. The Balaban J connectivity index is 2.57. The predicted octanol–water partition coefficient (Wildman–Crippen LogP) is 3.86. The minimum Gasteiger partial charge on any atom is -0.493 e. The Bertz CT molecular complexity index is 855. The molecular formula is C14H8BrFO3. The van der Waals surface area contributed by atoms with Crippen LogP contribution in [0.4, 0.5) is 4.39 Å². The first-order valence-corrected chi connectivity index (χ1v) is 6.29. The van der Waals surface area contributed by atoms with Gasteiger partial charge >= 0.3 is 0 Å². The van der Waals surface area contributed by atoms with Crippen LogP contribution in [0.15, 0.2) is 44.0 Å². The first-order valence-electron chi connectivity index (χ1n) is 5.50. The Labute approximate surface area is 115 Å². The normalized spacial score (nSPS) is 11.1. The van der Waals surface area contributed by atoms with Crippen LogP contribution in [-0.4, -0.2) is 7.11 Å². The highest BCUT2D eigenvalue weighted by Crippen LogP contribution is 2.30. The van der Waals surface area contributed by atoms with Crippen LogP contribution in [0.5, 0.6) is 5.75 Å². The minimum absolute atomic E-state index is 0.207. The van der Waals surface area contributed by atoms with E-state index in [1.807, 2.05) is 0 Å². The van der Waals surface area contributed by atoms with Crippen molar-refractivity contribution in [2.45, 2.75) is 0 Å². The SMILES string of the molecule is COc1cc(Br)cc2c(=O)c3ccc(F)cc3oc12. The van der Waals surface area contributed by atoms with Crippen molar-refractivity contribution in [3.05, 3.63) is 50.8 Å². The molecule has 3 rings (SSSR count). The molecule has 3 aromatic rings. The maximum Gasteiger partial charge on any atom is 0.200 e. The first-order chi connectivity index (χ1) is 9.10. The number of rotatable bonds is 1. The third-order valence-electron chi connectivity index (χ3n) is 2.88. The summed E-state index contributed by atoms with van der Waals surface area (Å²) in [5, 5.41) is 0.736. The summed E-state index contributed by atoms with van der Waals surface area (Å²) < 4.78 is 24.7. The van der Waals surface area contributed by atoms with Crippen molar-refractivity contribution < 1.29 is 13.5 Å². The van der Waals surface area contributed by atoms with E-state index >= 15 is 0 Å². The fourth-order valence-electron chi connectivity index (χ4n) is 2.02. The molecule has 0 saturated carbocycles. The molecule has 1 heterocycles. The molecule has 19 heavy (non-hydrogen) atoms. The molecule has 0 aliphatic rings. The van der Waals surface area contributed by atoms with Crippen LogP contribution in [-0.2, 0) is 0 Å². The molecule has 3 nitrogen and oxygen atoms in total. The summed E-state index contributed by atoms with van der Waals surface area (Å²) >= 11 is 3.31. The molecule has 0 N–H and O–H groups in total. The van der Waals surface area contributed by atoms with Crippen molar-refractivity contribution in [1.82, 2.24) is 0 Å². The molecule has 96 valence electrons. The van der Waals surface area contributed by atoms with Gasteiger partial charge in [0.05, 0.1) is 17.9 Å². The zero-order chi connectivity index (χ0) is 13.6. The molecule has 0 fully saturated rings. The van der Waals surface area contributed by atoms with Gasteiger partial charge in [-0.2, -0.15) is 0 Å². The fourth-order valence-corrected chi connectivity index (χ4v) is 2.45. The second-order valence-corrected chi connectivity index (χ2v) is 4.97. The smallest absolute Gasteiger partial charge is 0.200 e. The van der Waals surface area contributed by atoms with Gasteiger partial charge in [-0.1, -0.05) is 15.9 Å². The molecule has 0 aliphatic carbocycles. The number of hydrogen-bond donors (Lipinski definition) is 0. The van der Waals surface area contributed by atoms with Crippen LogP contribution in [0.25, 0.3) is 21.9 Å². The number of hydrogen-bond acceptors (Lipinski definition) is 3. The van der Waals surface area contributed by atoms with E-state index in [0.717, 1.165) is 0 Å². The number of ether oxygens (including phenoxy) is 1. The van der Waals surface area contributed by atoms with Crippen molar-refractivity contribution >= 4 is 37.9 Å². The average molecular weight is 323 g/mol. The lowest BCUT2D eigenvalue weighted by Gasteiger charge is -2.06. The van der Waals surface area contributed by atoms with Crippen LogP contribution in [0.2, 0.25) is 0 Å². The molecule has 0 radical (unpaired) electrons.